The number of benzene rings is 1. The molecule has 0 amide bonds. The smallest absolute Gasteiger partial charge is 0.00674 e. The minimum absolute atomic E-state index is 0.543. The van der Waals surface area contributed by atoms with Crippen LogP contribution in [0, 0.1) is 5.92 Å². The van der Waals surface area contributed by atoms with Crippen LogP contribution >= 0.6 is 0 Å². The summed E-state index contributed by atoms with van der Waals surface area (Å²) in [6.07, 6.45) is 5.67. The summed E-state index contributed by atoms with van der Waals surface area (Å²) in [5.41, 5.74) is 8.60. The van der Waals surface area contributed by atoms with Crippen LogP contribution in [-0.4, -0.2) is 6.54 Å². The molecule has 0 spiro atoms. The summed E-state index contributed by atoms with van der Waals surface area (Å²) in [6.45, 7) is 2.99. The SMILES string of the molecule is CCC(CN)C1C=Cc2ccccc21. The molecule has 0 fully saturated rings. The highest BCUT2D eigenvalue weighted by Gasteiger charge is 2.23. The number of rotatable bonds is 3. The Hall–Kier alpha value is -1.08. The fraction of sp³-hybridized carbons (Fsp3) is 0.385. The summed E-state index contributed by atoms with van der Waals surface area (Å²) < 4.78 is 0. The van der Waals surface area contributed by atoms with E-state index in [1.54, 1.807) is 0 Å². The lowest BCUT2D eigenvalue weighted by Gasteiger charge is -2.20. The van der Waals surface area contributed by atoms with Gasteiger partial charge < -0.3 is 5.73 Å². The highest BCUT2D eigenvalue weighted by molar-refractivity contribution is 5.62. The van der Waals surface area contributed by atoms with Gasteiger partial charge in [-0.1, -0.05) is 49.8 Å². The first kappa shape index (κ1) is 9.47. The Kier molecular flexibility index (Phi) is 2.69. The number of hydrogen-bond acceptors (Lipinski definition) is 1. The monoisotopic (exact) mass is 187 g/mol. The van der Waals surface area contributed by atoms with E-state index in [0.29, 0.717) is 11.8 Å². The first-order valence-electron chi connectivity index (χ1n) is 5.34. The van der Waals surface area contributed by atoms with Gasteiger partial charge in [0.05, 0.1) is 0 Å². The number of fused-ring (bicyclic) bond motifs is 1. The highest BCUT2D eigenvalue weighted by Crippen LogP contribution is 2.36. The normalized spacial score (nSPS) is 20.9. The number of nitrogens with two attached hydrogens (primary N) is 1. The Labute approximate surface area is 85.6 Å². The molecule has 0 aliphatic heterocycles. The van der Waals surface area contributed by atoms with E-state index in [0.717, 1.165) is 13.0 Å². The van der Waals surface area contributed by atoms with Gasteiger partial charge in [-0.25, -0.2) is 0 Å². The Morgan fingerprint density at radius 3 is 2.86 bits per heavy atom. The first-order chi connectivity index (χ1) is 6.86. The molecule has 0 saturated heterocycles. The second-order valence-corrected chi connectivity index (χ2v) is 3.92. The molecular formula is C13H17N. The van der Waals surface area contributed by atoms with Crippen LogP contribution < -0.4 is 5.73 Å². The lowest BCUT2D eigenvalue weighted by Crippen LogP contribution is -2.19. The standard InChI is InChI=1S/C13H17N/c1-2-10(9-14)13-8-7-11-5-3-4-6-12(11)13/h3-8,10,13H,2,9,14H2,1H3. The number of allylic oxidation sites excluding steroid dienone is 1. The molecular weight excluding hydrogens is 170 g/mol. The Morgan fingerprint density at radius 1 is 1.36 bits per heavy atom. The third kappa shape index (κ3) is 1.48. The van der Waals surface area contributed by atoms with E-state index < -0.39 is 0 Å². The van der Waals surface area contributed by atoms with Gasteiger partial charge in [-0.3, -0.25) is 0 Å². The molecule has 1 aliphatic carbocycles. The number of hydrogen-bond donors (Lipinski definition) is 1. The summed E-state index contributed by atoms with van der Waals surface area (Å²) in [6, 6.07) is 8.60. The predicted molar refractivity (Wildman–Crippen MR) is 61.1 cm³/mol. The van der Waals surface area contributed by atoms with E-state index in [4.69, 9.17) is 5.73 Å². The van der Waals surface area contributed by atoms with Crippen LogP contribution in [0.2, 0.25) is 0 Å². The van der Waals surface area contributed by atoms with Gasteiger partial charge in [-0.15, -0.1) is 0 Å². The molecule has 2 atom stereocenters. The van der Waals surface area contributed by atoms with Crippen molar-refractivity contribution >= 4 is 6.08 Å². The second kappa shape index (κ2) is 3.97. The third-order valence-corrected chi connectivity index (χ3v) is 3.17. The van der Waals surface area contributed by atoms with Crippen molar-refractivity contribution in [3.05, 3.63) is 41.5 Å². The molecule has 1 nitrogen and oxygen atoms in total. The van der Waals surface area contributed by atoms with Crippen molar-refractivity contribution in [1.29, 1.82) is 0 Å². The topological polar surface area (TPSA) is 26.0 Å². The van der Waals surface area contributed by atoms with Gasteiger partial charge in [-0.2, -0.15) is 0 Å². The van der Waals surface area contributed by atoms with E-state index in [9.17, 15) is 0 Å². The average molecular weight is 187 g/mol. The summed E-state index contributed by atoms with van der Waals surface area (Å²) >= 11 is 0. The molecule has 0 radical (unpaired) electrons. The molecule has 0 bridgehead atoms. The Bertz CT molecular complexity index is 337. The van der Waals surface area contributed by atoms with Crippen molar-refractivity contribution in [3.63, 3.8) is 0 Å². The maximum Gasteiger partial charge on any atom is 0.00674 e. The van der Waals surface area contributed by atoms with Crippen molar-refractivity contribution < 1.29 is 0 Å². The summed E-state index contributed by atoms with van der Waals surface area (Å²) in [7, 11) is 0. The maximum absolute atomic E-state index is 5.79. The second-order valence-electron chi connectivity index (χ2n) is 3.92. The molecule has 0 heterocycles. The molecule has 0 aromatic heterocycles. The van der Waals surface area contributed by atoms with Crippen LogP contribution in [0.1, 0.15) is 30.4 Å². The maximum atomic E-state index is 5.79. The van der Waals surface area contributed by atoms with Crippen LogP contribution in [0.3, 0.4) is 0 Å². The molecule has 2 unspecified atom stereocenters. The van der Waals surface area contributed by atoms with Crippen molar-refractivity contribution in [2.24, 2.45) is 11.7 Å². The fourth-order valence-corrected chi connectivity index (χ4v) is 2.26. The van der Waals surface area contributed by atoms with E-state index in [-0.39, 0.29) is 0 Å². The lowest BCUT2D eigenvalue weighted by molar-refractivity contribution is 0.476. The molecule has 74 valence electrons. The van der Waals surface area contributed by atoms with E-state index in [1.807, 2.05) is 0 Å². The van der Waals surface area contributed by atoms with Crippen LogP contribution in [0.5, 0.6) is 0 Å². The lowest BCUT2D eigenvalue weighted by atomic mass is 9.86. The largest absolute Gasteiger partial charge is 0.330 e. The molecule has 1 heteroatoms. The van der Waals surface area contributed by atoms with E-state index in [1.165, 1.54) is 11.1 Å². The Balaban J connectivity index is 2.29. The van der Waals surface area contributed by atoms with Crippen molar-refractivity contribution in [2.75, 3.05) is 6.54 Å². The van der Waals surface area contributed by atoms with Crippen LogP contribution in [0.4, 0.5) is 0 Å². The molecule has 2 N–H and O–H groups in total. The quantitative estimate of drug-likeness (QED) is 0.773. The van der Waals surface area contributed by atoms with Gasteiger partial charge >= 0.3 is 0 Å². The summed E-state index contributed by atoms with van der Waals surface area (Å²) in [5.74, 6) is 1.14. The van der Waals surface area contributed by atoms with Crippen LogP contribution in [0.15, 0.2) is 30.3 Å². The fourth-order valence-electron chi connectivity index (χ4n) is 2.26. The predicted octanol–water partition coefficient (Wildman–Crippen LogP) is 2.78. The van der Waals surface area contributed by atoms with Crippen molar-refractivity contribution in [1.82, 2.24) is 0 Å². The highest BCUT2D eigenvalue weighted by atomic mass is 14.6. The molecule has 14 heavy (non-hydrogen) atoms. The van der Waals surface area contributed by atoms with Gasteiger partial charge in [0.2, 0.25) is 0 Å². The van der Waals surface area contributed by atoms with Gasteiger partial charge in [-0.05, 0) is 23.6 Å². The Morgan fingerprint density at radius 2 is 2.14 bits per heavy atom. The minimum Gasteiger partial charge on any atom is -0.330 e. The molecule has 2 rings (SSSR count). The zero-order valence-electron chi connectivity index (χ0n) is 8.61. The summed E-state index contributed by atoms with van der Waals surface area (Å²) in [5, 5.41) is 0. The van der Waals surface area contributed by atoms with E-state index >= 15 is 0 Å². The van der Waals surface area contributed by atoms with Gasteiger partial charge in [0.1, 0.15) is 0 Å². The molecule has 0 saturated carbocycles. The van der Waals surface area contributed by atoms with Crippen molar-refractivity contribution in [3.8, 4) is 0 Å². The first-order valence-corrected chi connectivity index (χ1v) is 5.34. The van der Waals surface area contributed by atoms with Crippen LogP contribution in [-0.2, 0) is 0 Å². The third-order valence-electron chi connectivity index (χ3n) is 3.17. The minimum atomic E-state index is 0.543. The van der Waals surface area contributed by atoms with Gasteiger partial charge in [0, 0.05) is 5.92 Å². The van der Waals surface area contributed by atoms with Crippen molar-refractivity contribution in [2.45, 2.75) is 19.3 Å². The van der Waals surface area contributed by atoms with E-state index in [2.05, 4.69) is 43.3 Å². The van der Waals surface area contributed by atoms with Gasteiger partial charge in [0.25, 0.3) is 0 Å². The van der Waals surface area contributed by atoms with Crippen LogP contribution in [0.25, 0.3) is 6.08 Å². The zero-order valence-corrected chi connectivity index (χ0v) is 8.61. The van der Waals surface area contributed by atoms with Gasteiger partial charge in [0.15, 0.2) is 0 Å². The zero-order chi connectivity index (χ0) is 9.97. The molecule has 1 aliphatic rings. The molecule has 1 aromatic rings. The summed E-state index contributed by atoms with van der Waals surface area (Å²) in [4.78, 5) is 0. The average Bonchev–Trinajstić information content (AvgIpc) is 2.65. The molecule has 1 aromatic carbocycles.